The Morgan fingerprint density at radius 2 is 2.33 bits per heavy atom. The largest absolute Gasteiger partial charge is 0.335 e. The SMILES string of the molecule is C=CCN(CC)C(=O)c1cccc(I)c1. The van der Waals surface area contributed by atoms with E-state index in [-0.39, 0.29) is 5.91 Å². The molecule has 0 aromatic heterocycles. The summed E-state index contributed by atoms with van der Waals surface area (Å²) in [7, 11) is 0. The van der Waals surface area contributed by atoms with Gasteiger partial charge in [0, 0.05) is 22.2 Å². The number of carbonyl (C=O) groups excluding carboxylic acids is 1. The summed E-state index contributed by atoms with van der Waals surface area (Å²) < 4.78 is 1.08. The molecule has 3 heteroatoms. The standard InChI is InChI=1S/C12H14INO/c1-3-8-14(4-2)12(15)10-6-5-7-11(13)9-10/h3,5-7,9H,1,4,8H2,2H3. The monoisotopic (exact) mass is 315 g/mol. The van der Waals surface area contributed by atoms with Crippen molar-refractivity contribution in [1.29, 1.82) is 0 Å². The molecule has 80 valence electrons. The highest BCUT2D eigenvalue weighted by atomic mass is 127. The molecular formula is C12H14INO. The topological polar surface area (TPSA) is 20.3 Å². The fourth-order valence-corrected chi connectivity index (χ4v) is 1.86. The zero-order valence-corrected chi connectivity index (χ0v) is 10.9. The van der Waals surface area contributed by atoms with Crippen molar-refractivity contribution in [2.24, 2.45) is 0 Å². The zero-order valence-electron chi connectivity index (χ0n) is 8.74. The molecule has 0 atom stereocenters. The molecule has 0 heterocycles. The van der Waals surface area contributed by atoms with Crippen LogP contribution in [0.5, 0.6) is 0 Å². The highest BCUT2D eigenvalue weighted by molar-refractivity contribution is 14.1. The Bertz CT molecular complexity index is 362. The first-order valence-electron chi connectivity index (χ1n) is 4.84. The van der Waals surface area contributed by atoms with Crippen molar-refractivity contribution in [3.8, 4) is 0 Å². The summed E-state index contributed by atoms with van der Waals surface area (Å²) in [5.41, 5.74) is 0.741. The Morgan fingerprint density at radius 3 is 2.87 bits per heavy atom. The van der Waals surface area contributed by atoms with E-state index in [9.17, 15) is 4.79 Å². The van der Waals surface area contributed by atoms with Crippen LogP contribution in [-0.2, 0) is 0 Å². The van der Waals surface area contributed by atoms with E-state index in [4.69, 9.17) is 0 Å². The fourth-order valence-electron chi connectivity index (χ4n) is 1.32. The summed E-state index contributed by atoms with van der Waals surface area (Å²) in [4.78, 5) is 13.8. The number of hydrogen-bond acceptors (Lipinski definition) is 1. The molecule has 0 saturated carbocycles. The number of carbonyl (C=O) groups is 1. The van der Waals surface area contributed by atoms with Gasteiger partial charge in [-0.05, 0) is 47.7 Å². The molecule has 0 saturated heterocycles. The summed E-state index contributed by atoms with van der Waals surface area (Å²) in [5.74, 6) is 0.0657. The first-order valence-corrected chi connectivity index (χ1v) is 5.92. The third kappa shape index (κ3) is 3.34. The highest BCUT2D eigenvalue weighted by Gasteiger charge is 2.12. The van der Waals surface area contributed by atoms with Crippen LogP contribution in [0.2, 0.25) is 0 Å². The summed E-state index contributed by atoms with van der Waals surface area (Å²) >= 11 is 2.20. The Labute approximate surface area is 104 Å². The van der Waals surface area contributed by atoms with Gasteiger partial charge in [0.25, 0.3) is 5.91 Å². The molecule has 1 aromatic rings. The van der Waals surface area contributed by atoms with Crippen molar-refractivity contribution in [1.82, 2.24) is 4.90 Å². The lowest BCUT2D eigenvalue weighted by molar-refractivity contribution is 0.0782. The minimum atomic E-state index is 0.0657. The van der Waals surface area contributed by atoms with E-state index in [2.05, 4.69) is 29.2 Å². The molecule has 1 aromatic carbocycles. The van der Waals surface area contributed by atoms with Gasteiger partial charge in [-0.25, -0.2) is 0 Å². The van der Waals surface area contributed by atoms with Crippen LogP contribution in [0.1, 0.15) is 17.3 Å². The quantitative estimate of drug-likeness (QED) is 0.618. The molecule has 0 bridgehead atoms. The number of halogens is 1. The number of likely N-dealkylation sites (N-methyl/N-ethyl adjacent to an activating group) is 1. The summed E-state index contributed by atoms with van der Waals surface area (Å²) in [6.45, 7) is 6.92. The lowest BCUT2D eigenvalue weighted by Crippen LogP contribution is -2.30. The van der Waals surface area contributed by atoms with E-state index < -0.39 is 0 Å². The summed E-state index contributed by atoms with van der Waals surface area (Å²) in [6, 6.07) is 7.61. The highest BCUT2D eigenvalue weighted by Crippen LogP contribution is 2.10. The van der Waals surface area contributed by atoms with E-state index in [1.807, 2.05) is 31.2 Å². The van der Waals surface area contributed by atoms with Crippen molar-refractivity contribution < 1.29 is 4.79 Å². The second-order valence-corrected chi connectivity index (χ2v) is 4.39. The van der Waals surface area contributed by atoms with Crippen LogP contribution < -0.4 is 0 Å². The number of benzene rings is 1. The van der Waals surface area contributed by atoms with Gasteiger partial charge in [0.15, 0.2) is 0 Å². The van der Waals surface area contributed by atoms with Crippen LogP contribution in [0.4, 0.5) is 0 Å². The molecule has 0 aliphatic heterocycles. The second kappa shape index (κ2) is 5.90. The smallest absolute Gasteiger partial charge is 0.254 e. The van der Waals surface area contributed by atoms with Gasteiger partial charge in [0.2, 0.25) is 0 Å². The minimum absolute atomic E-state index is 0.0657. The minimum Gasteiger partial charge on any atom is -0.335 e. The molecule has 1 amide bonds. The molecular weight excluding hydrogens is 301 g/mol. The molecule has 0 radical (unpaired) electrons. The third-order valence-electron chi connectivity index (χ3n) is 2.09. The van der Waals surface area contributed by atoms with E-state index >= 15 is 0 Å². The normalized spacial score (nSPS) is 9.73. The number of rotatable bonds is 4. The van der Waals surface area contributed by atoms with Crippen molar-refractivity contribution in [3.63, 3.8) is 0 Å². The molecule has 0 aliphatic rings. The van der Waals surface area contributed by atoms with E-state index in [1.54, 1.807) is 11.0 Å². The van der Waals surface area contributed by atoms with Gasteiger partial charge in [0.1, 0.15) is 0 Å². The van der Waals surface area contributed by atoms with Crippen molar-refractivity contribution in [3.05, 3.63) is 46.1 Å². The van der Waals surface area contributed by atoms with Crippen molar-refractivity contribution >= 4 is 28.5 Å². The Hall–Kier alpha value is -0.840. The van der Waals surface area contributed by atoms with Crippen molar-refractivity contribution in [2.45, 2.75) is 6.92 Å². The number of hydrogen-bond donors (Lipinski definition) is 0. The fraction of sp³-hybridized carbons (Fsp3) is 0.250. The van der Waals surface area contributed by atoms with Gasteiger partial charge >= 0.3 is 0 Å². The molecule has 0 unspecified atom stereocenters. The van der Waals surface area contributed by atoms with Gasteiger partial charge in [0.05, 0.1) is 0 Å². The molecule has 0 N–H and O–H groups in total. The molecule has 0 spiro atoms. The maximum atomic E-state index is 12.0. The molecule has 1 rings (SSSR count). The van der Waals surface area contributed by atoms with Crippen LogP contribution in [0.15, 0.2) is 36.9 Å². The van der Waals surface area contributed by atoms with Crippen LogP contribution in [0, 0.1) is 3.57 Å². The van der Waals surface area contributed by atoms with Gasteiger partial charge in [-0.1, -0.05) is 12.1 Å². The number of nitrogens with zero attached hydrogens (tertiary/aromatic N) is 1. The van der Waals surface area contributed by atoms with E-state index in [0.29, 0.717) is 13.1 Å². The van der Waals surface area contributed by atoms with Crippen LogP contribution in [0.3, 0.4) is 0 Å². The van der Waals surface area contributed by atoms with Gasteiger partial charge in [-0.2, -0.15) is 0 Å². The summed E-state index contributed by atoms with van der Waals surface area (Å²) in [5, 5.41) is 0. The Morgan fingerprint density at radius 1 is 1.60 bits per heavy atom. The van der Waals surface area contributed by atoms with Crippen molar-refractivity contribution in [2.75, 3.05) is 13.1 Å². The van der Waals surface area contributed by atoms with Crippen LogP contribution in [0.25, 0.3) is 0 Å². The predicted octanol–water partition coefficient (Wildman–Crippen LogP) is 2.94. The van der Waals surface area contributed by atoms with Gasteiger partial charge in [-0.15, -0.1) is 6.58 Å². The number of amides is 1. The Balaban J connectivity index is 2.87. The van der Waals surface area contributed by atoms with Gasteiger partial charge < -0.3 is 4.90 Å². The lowest BCUT2D eigenvalue weighted by atomic mass is 10.2. The van der Waals surface area contributed by atoms with E-state index in [1.165, 1.54) is 0 Å². The average Bonchev–Trinajstić information content (AvgIpc) is 2.25. The first kappa shape index (κ1) is 12.2. The molecule has 15 heavy (non-hydrogen) atoms. The average molecular weight is 315 g/mol. The molecule has 2 nitrogen and oxygen atoms in total. The summed E-state index contributed by atoms with van der Waals surface area (Å²) in [6.07, 6.45) is 1.75. The zero-order chi connectivity index (χ0) is 11.3. The Kier molecular flexibility index (Phi) is 4.81. The molecule has 0 fully saturated rings. The maximum Gasteiger partial charge on any atom is 0.254 e. The first-order chi connectivity index (χ1) is 7.19. The lowest BCUT2D eigenvalue weighted by Gasteiger charge is -2.18. The third-order valence-corrected chi connectivity index (χ3v) is 2.76. The maximum absolute atomic E-state index is 12.0. The van der Waals surface area contributed by atoms with Crippen LogP contribution >= 0.6 is 22.6 Å². The van der Waals surface area contributed by atoms with E-state index in [0.717, 1.165) is 9.13 Å². The van der Waals surface area contributed by atoms with Crippen LogP contribution in [-0.4, -0.2) is 23.9 Å². The predicted molar refractivity (Wildman–Crippen MR) is 70.9 cm³/mol. The van der Waals surface area contributed by atoms with Gasteiger partial charge in [-0.3, -0.25) is 4.79 Å². The molecule has 0 aliphatic carbocycles. The second-order valence-electron chi connectivity index (χ2n) is 3.14.